The quantitative estimate of drug-likeness (QED) is 0.823. The molecule has 18 heavy (non-hydrogen) atoms. The fourth-order valence-corrected chi connectivity index (χ4v) is 2.53. The summed E-state index contributed by atoms with van der Waals surface area (Å²) in [5.74, 6) is 1.000. The van der Waals surface area contributed by atoms with E-state index in [0.717, 1.165) is 31.4 Å². The molecule has 1 aliphatic carbocycles. The lowest BCUT2D eigenvalue weighted by Crippen LogP contribution is -2.30. The molecule has 0 aromatic heterocycles. The minimum Gasteiger partial charge on any atom is -0.494 e. The molecule has 0 spiro atoms. The predicted octanol–water partition coefficient (Wildman–Crippen LogP) is 3.90. The Morgan fingerprint density at radius 3 is 2.83 bits per heavy atom. The summed E-state index contributed by atoms with van der Waals surface area (Å²) in [7, 11) is 0. The van der Waals surface area contributed by atoms with E-state index in [1.807, 2.05) is 6.07 Å². The molecule has 0 radical (unpaired) electrons. The highest BCUT2D eigenvalue weighted by atomic mass is 16.5. The van der Waals surface area contributed by atoms with Crippen LogP contribution >= 0.6 is 0 Å². The Balaban J connectivity index is 1.80. The first-order valence-corrected chi connectivity index (χ1v) is 7.33. The molecule has 1 aromatic carbocycles. The topological polar surface area (TPSA) is 21.3 Å². The molecule has 0 unspecified atom stereocenters. The van der Waals surface area contributed by atoms with Gasteiger partial charge in [-0.25, -0.2) is 0 Å². The van der Waals surface area contributed by atoms with E-state index in [1.165, 1.54) is 37.7 Å². The summed E-state index contributed by atoms with van der Waals surface area (Å²) in [5.41, 5.74) is 1.33. The van der Waals surface area contributed by atoms with Gasteiger partial charge in [-0.2, -0.15) is 0 Å². The maximum atomic E-state index is 5.66. The normalized spacial score (nSPS) is 16.7. The monoisotopic (exact) mass is 247 g/mol. The summed E-state index contributed by atoms with van der Waals surface area (Å²) in [6.45, 7) is 3.90. The molecule has 1 saturated carbocycles. The van der Waals surface area contributed by atoms with E-state index in [-0.39, 0.29) is 0 Å². The fraction of sp³-hybridized carbons (Fsp3) is 0.625. The minimum atomic E-state index is 0.721. The fourth-order valence-electron chi connectivity index (χ4n) is 2.53. The van der Waals surface area contributed by atoms with Gasteiger partial charge in [0, 0.05) is 12.6 Å². The molecule has 100 valence electrons. The van der Waals surface area contributed by atoms with Crippen molar-refractivity contribution in [2.75, 3.05) is 6.61 Å². The van der Waals surface area contributed by atoms with Crippen molar-refractivity contribution in [2.24, 2.45) is 0 Å². The number of nitrogens with one attached hydrogen (secondary N) is 1. The first kappa shape index (κ1) is 13.4. The predicted molar refractivity (Wildman–Crippen MR) is 75.9 cm³/mol. The average molecular weight is 247 g/mol. The zero-order valence-electron chi connectivity index (χ0n) is 11.5. The van der Waals surface area contributed by atoms with Crippen molar-refractivity contribution in [1.29, 1.82) is 0 Å². The zero-order chi connectivity index (χ0) is 12.6. The molecule has 1 aromatic rings. The van der Waals surface area contributed by atoms with Gasteiger partial charge in [-0.05, 0) is 37.0 Å². The Morgan fingerprint density at radius 2 is 2.06 bits per heavy atom. The second-order valence-electron chi connectivity index (χ2n) is 5.21. The standard InChI is InChI=1S/C16H25NO/c1-2-11-18-16-10-6-7-14(12-16)13-17-15-8-4-3-5-9-15/h6-7,10,12,15,17H,2-5,8-9,11,13H2,1H3. The van der Waals surface area contributed by atoms with Crippen LogP contribution in [0.2, 0.25) is 0 Å². The molecule has 2 rings (SSSR count). The lowest BCUT2D eigenvalue weighted by atomic mass is 9.95. The number of hydrogen-bond donors (Lipinski definition) is 1. The van der Waals surface area contributed by atoms with E-state index < -0.39 is 0 Å². The van der Waals surface area contributed by atoms with E-state index >= 15 is 0 Å². The first-order valence-electron chi connectivity index (χ1n) is 7.33. The van der Waals surface area contributed by atoms with E-state index in [0.29, 0.717) is 0 Å². The number of ether oxygens (including phenoxy) is 1. The summed E-state index contributed by atoms with van der Waals surface area (Å²) in [6, 6.07) is 9.18. The van der Waals surface area contributed by atoms with Crippen molar-refractivity contribution >= 4 is 0 Å². The van der Waals surface area contributed by atoms with E-state index in [9.17, 15) is 0 Å². The molecular formula is C16H25NO. The van der Waals surface area contributed by atoms with E-state index in [1.54, 1.807) is 0 Å². The van der Waals surface area contributed by atoms with Crippen molar-refractivity contribution in [3.05, 3.63) is 29.8 Å². The number of benzene rings is 1. The summed E-state index contributed by atoms with van der Waals surface area (Å²) in [5, 5.41) is 3.67. The second-order valence-corrected chi connectivity index (χ2v) is 5.21. The third-order valence-corrected chi connectivity index (χ3v) is 3.57. The molecule has 2 nitrogen and oxygen atoms in total. The van der Waals surface area contributed by atoms with E-state index in [2.05, 4.69) is 30.4 Å². The first-order chi connectivity index (χ1) is 8.88. The maximum Gasteiger partial charge on any atom is 0.119 e. The van der Waals surface area contributed by atoms with Gasteiger partial charge in [0.15, 0.2) is 0 Å². The molecule has 1 N–H and O–H groups in total. The third kappa shape index (κ3) is 4.34. The second kappa shape index (κ2) is 7.42. The highest BCUT2D eigenvalue weighted by Crippen LogP contribution is 2.18. The lowest BCUT2D eigenvalue weighted by Gasteiger charge is -2.23. The van der Waals surface area contributed by atoms with Crippen LogP contribution in [0.15, 0.2) is 24.3 Å². The Labute approximate surface area is 111 Å². The highest BCUT2D eigenvalue weighted by molar-refractivity contribution is 5.28. The molecular weight excluding hydrogens is 222 g/mol. The zero-order valence-corrected chi connectivity index (χ0v) is 11.5. The van der Waals surface area contributed by atoms with Gasteiger partial charge < -0.3 is 10.1 Å². The summed E-state index contributed by atoms with van der Waals surface area (Å²) >= 11 is 0. The van der Waals surface area contributed by atoms with Crippen LogP contribution in [-0.4, -0.2) is 12.6 Å². The van der Waals surface area contributed by atoms with Gasteiger partial charge in [-0.3, -0.25) is 0 Å². The molecule has 0 aliphatic heterocycles. The smallest absolute Gasteiger partial charge is 0.119 e. The van der Waals surface area contributed by atoms with E-state index in [4.69, 9.17) is 4.74 Å². The molecule has 0 heterocycles. The maximum absolute atomic E-state index is 5.66. The van der Waals surface area contributed by atoms with Gasteiger partial charge in [-0.15, -0.1) is 0 Å². The largest absolute Gasteiger partial charge is 0.494 e. The summed E-state index contributed by atoms with van der Waals surface area (Å²) in [4.78, 5) is 0. The molecule has 2 heteroatoms. The van der Waals surface area contributed by atoms with Gasteiger partial charge in [0.1, 0.15) is 5.75 Å². The van der Waals surface area contributed by atoms with Crippen molar-refractivity contribution in [1.82, 2.24) is 5.32 Å². The van der Waals surface area contributed by atoms with Crippen LogP contribution in [0, 0.1) is 0 Å². The molecule has 0 bridgehead atoms. The van der Waals surface area contributed by atoms with Crippen molar-refractivity contribution in [3.8, 4) is 5.75 Å². The Bertz CT molecular complexity index is 345. The Hall–Kier alpha value is -1.02. The van der Waals surface area contributed by atoms with Crippen molar-refractivity contribution < 1.29 is 4.74 Å². The van der Waals surface area contributed by atoms with Crippen LogP contribution in [0.4, 0.5) is 0 Å². The SMILES string of the molecule is CCCOc1cccc(CNC2CCCCC2)c1. The van der Waals surface area contributed by atoms with Crippen LogP contribution in [0.3, 0.4) is 0 Å². The van der Waals surface area contributed by atoms with Crippen molar-refractivity contribution in [2.45, 2.75) is 58.0 Å². The molecule has 1 aliphatic rings. The molecule has 0 atom stereocenters. The van der Waals surface area contributed by atoms with Gasteiger partial charge in [0.2, 0.25) is 0 Å². The Kier molecular flexibility index (Phi) is 5.53. The third-order valence-electron chi connectivity index (χ3n) is 3.57. The highest BCUT2D eigenvalue weighted by Gasteiger charge is 2.12. The van der Waals surface area contributed by atoms with Crippen molar-refractivity contribution in [3.63, 3.8) is 0 Å². The van der Waals surface area contributed by atoms with Gasteiger partial charge >= 0.3 is 0 Å². The lowest BCUT2D eigenvalue weighted by molar-refractivity contribution is 0.316. The number of hydrogen-bond acceptors (Lipinski definition) is 2. The van der Waals surface area contributed by atoms with Crippen LogP contribution in [0.5, 0.6) is 5.75 Å². The molecule has 0 saturated heterocycles. The number of rotatable bonds is 6. The summed E-state index contributed by atoms with van der Waals surface area (Å²) < 4.78 is 5.66. The van der Waals surface area contributed by atoms with Crippen LogP contribution in [0.25, 0.3) is 0 Å². The van der Waals surface area contributed by atoms with Crippen LogP contribution < -0.4 is 10.1 Å². The molecule has 0 amide bonds. The average Bonchev–Trinajstić information content (AvgIpc) is 2.44. The van der Waals surface area contributed by atoms with Crippen LogP contribution in [-0.2, 0) is 6.54 Å². The van der Waals surface area contributed by atoms with Gasteiger partial charge in [0.05, 0.1) is 6.61 Å². The molecule has 1 fully saturated rings. The summed E-state index contributed by atoms with van der Waals surface area (Å²) in [6.07, 6.45) is 7.93. The Morgan fingerprint density at radius 1 is 1.22 bits per heavy atom. The minimum absolute atomic E-state index is 0.721. The van der Waals surface area contributed by atoms with Gasteiger partial charge in [0.25, 0.3) is 0 Å². The van der Waals surface area contributed by atoms with Crippen LogP contribution in [0.1, 0.15) is 51.0 Å². The van der Waals surface area contributed by atoms with Gasteiger partial charge in [-0.1, -0.05) is 38.3 Å².